The Morgan fingerprint density at radius 3 is 2.77 bits per heavy atom. The third-order valence-corrected chi connectivity index (χ3v) is 2.57. The van der Waals surface area contributed by atoms with Crippen LogP contribution in [0.4, 0.5) is 14.9 Å². The molecule has 1 aromatic rings. The largest absolute Gasteiger partial charge is 0.481 e. The molecule has 0 saturated carbocycles. The normalized spacial score (nSPS) is 11.3. The molecule has 2 N–H and O–H groups in total. The van der Waals surface area contributed by atoms with E-state index in [0.29, 0.717) is 0 Å². The number of nitro groups is 1. The number of rotatable bonds is 7. The molecule has 0 radical (unpaired) electrons. The van der Waals surface area contributed by atoms with Crippen molar-refractivity contribution in [3.63, 3.8) is 0 Å². The molecule has 9 heteroatoms. The minimum atomic E-state index is -1.32. The number of carbonyl (C=O) groups is 2. The summed E-state index contributed by atoms with van der Waals surface area (Å²) in [6.45, 7) is 3.21. The Kier molecular flexibility index (Phi) is 5.99. The first kappa shape index (κ1) is 17.1. The summed E-state index contributed by atoms with van der Waals surface area (Å²) in [5.41, 5.74) is -0.736. The molecule has 1 rings (SSSR count). The average Bonchev–Trinajstić information content (AvgIpc) is 2.44. The predicted octanol–water partition coefficient (Wildman–Crippen LogP) is 2.16. The van der Waals surface area contributed by atoms with Crippen LogP contribution in [0.5, 0.6) is 0 Å². The van der Waals surface area contributed by atoms with Gasteiger partial charge in [-0.2, -0.15) is 0 Å². The molecule has 0 fully saturated rings. The van der Waals surface area contributed by atoms with E-state index in [2.05, 4.69) is 16.6 Å². The fraction of sp³-hybridized carbons (Fsp3) is 0.231. The zero-order chi connectivity index (χ0) is 16.7. The van der Waals surface area contributed by atoms with E-state index in [1.54, 1.807) is 0 Å². The van der Waals surface area contributed by atoms with Gasteiger partial charge < -0.3 is 15.2 Å². The minimum Gasteiger partial charge on any atom is -0.481 e. The Bertz CT molecular complexity index is 604. The third-order valence-electron chi connectivity index (χ3n) is 2.57. The van der Waals surface area contributed by atoms with Crippen molar-refractivity contribution in [2.24, 2.45) is 0 Å². The number of nitro benzene ring substituents is 1. The SMILES string of the molecule is C=CCOC(=O)NC(CC(=O)O)c1cc([N+](=O)[O-])ccc1F. The maximum Gasteiger partial charge on any atom is 0.407 e. The highest BCUT2D eigenvalue weighted by atomic mass is 19.1. The Morgan fingerprint density at radius 2 is 2.23 bits per heavy atom. The predicted molar refractivity (Wildman–Crippen MR) is 72.7 cm³/mol. The van der Waals surface area contributed by atoms with Gasteiger partial charge in [0.05, 0.1) is 17.4 Å². The van der Waals surface area contributed by atoms with Gasteiger partial charge in [0.2, 0.25) is 0 Å². The fourth-order valence-electron chi connectivity index (χ4n) is 1.64. The number of amides is 1. The van der Waals surface area contributed by atoms with Gasteiger partial charge in [0.15, 0.2) is 0 Å². The van der Waals surface area contributed by atoms with Crippen LogP contribution in [0.1, 0.15) is 18.0 Å². The first-order chi connectivity index (χ1) is 10.3. The molecular formula is C13H13FN2O6. The van der Waals surface area contributed by atoms with Crippen LogP contribution in [0.3, 0.4) is 0 Å². The van der Waals surface area contributed by atoms with Gasteiger partial charge in [0.25, 0.3) is 5.69 Å². The number of carboxylic acid groups (broad SMARTS) is 1. The van der Waals surface area contributed by atoms with Crippen LogP contribution in [0.25, 0.3) is 0 Å². The van der Waals surface area contributed by atoms with Crippen molar-refractivity contribution in [1.29, 1.82) is 0 Å². The van der Waals surface area contributed by atoms with E-state index in [9.17, 15) is 24.1 Å². The Hall–Kier alpha value is -2.97. The summed E-state index contributed by atoms with van der Waals surface area (Å²) in [6, 6.07) is 1.33. The molecule has 0 aliphatic carbocycles. The number of nitrogens with zero attached hydrogens (tertiary/aromatic N) is 1. The molecular weight excluding hydrogens is 299 g/mol. The van der Waals surface area contributed by atoms with Gasteiger partial charge in [-0.15, -0.1) is 0 Å². The molecule has 1 atom stereocenters. The quantitative estimate of drug-likeness (QED) is 0.452. The van der Waals surface area contributed by atoms with Gasteiger partial charge in [0.1, 0.15) is 12.4 Å². The van der Waals surface area contributed by atoms with Crippen molar-refractivity contribution in [1.82, 2.24) is 5.32 Å². The summed E-state index contributed by atoms with van der Waals surface area (Å²) < 4.78 is 18.4. The lowest BCUT2D eigenvalue weighted by Gasteiger charge is -2.17. The molecule has 0 aliphatic rings. The average molecular weight is 312 g/mol. The van der Waals surface area contributed by atoms with Crippen LogP contribution in [0, 0.1) is 15.9 Å². The molecule has 22 heavy (non-hydrogen) atoms. The summed E-state index contributed by atoms with van der Waals surface area (Å²) >= 11 is 0. The molecule has 0 saturated heterocycles. The number of hydrogen-bond acceptors (Lipinski definition) is 5. The van der Waals surface area contributed by atoms with E-state index in [1.807, 2.05) is 0 Å². The highest BCUT2D eigenvalue weighted by Crippen LogP contribution is 2.25. The smallest absolute Gasteiger partial charge is 0.407 e. The van der Waals surface area contributed by atoms with Crippen LogP contribution in [-0.2, 0) is 9.53 Å². The second-order valence-corrected chi connectivity index (χ2v) is 4.14. The van der Waals surface area contributed by atoms with Crippen LogP contribution in [-0.4, -0.2) is 28.7 Å². The van der Waals surface area contributed by atoms with Gasteiger partial charge in [-0.1, -0.05) is 12.7 Å². The lowest BCUT2D eigenvalue weighted by Crippen LogP contribution is -2.31. The van der Waals surface area contributed by atoms with Gasteiger partial charge in [-0.25, -0.2) is 9.18 Å². The molecule has 1 aromatic carbocycles. The van der Waals surface area contributed by atoms with Crippen LogP contribution >= 0.6 is 0 Å². The lowest BCUT2D eigenvalue weighted by molar-refractivity contribution is -0.385. The van der Waals surface area contributed by atoms with Gasteiger partial charge in [-0.3, -0.25) is 14.9 Å². The molecule has 0 bridgehead atoms. The number of carboxylic acids is 1. The summed E-state index contributed by atoms with van der Waals surface area (Å²) in [4.78, 5) is 32.3. The molecule has 1 unspecified atom stereocenters. The number of hydrogen-bond donors (Lipinski definition) is 2. The van der Waals surface area contributed by atoms with Crippen molar-refractivity contribution >= 4 is 17.7 Å². The second-order valence-electron chi connectivity index (χ2n) is 4.14. The number of halogens is 1. The van der Waals surface area contributed by atoms with Gasteiger partial charge in [-0.05, 0) is 6.07 Å². The number of ether oxygens (including phenoxy) is 1. The highest BCUT2D eigenvalue weighted by Gasteiger charge is 2.24. The molecule has 0 heterocycles. The van der Waals surface area contributed by atoms with E-state index < -0.39 is 41.0 Å². The summed E-state index contributed by atoms with van der Waals surface area (Å²) in [7, 11) is 0. The molecule has 118 valence electrons. The van der Waals surface area contributed by atoms with Crippen LogP contribution in [0.15, 0.2) is 30.9 Å². The first-order valence-corrected chi connectivity index (χ1v) is 6.05. The van der Waals surface area contributed by atoms with E-state index in [1.165, 1.54) is 6.08 Å². The minimum absolute atomic E-state index is 0.122. The number of benzene rings is 1. The zero-order valence-corrected chi connectivity index (χ0v) is 11.3. The summed E-state index contributed by atoms with van der Waals surface area (Å²) in [5, 5.41) is 21.7. The zero-order valence-electron chi connectivity index (χ0n) is 11.3. The van der Waals surface area contributed by atoms with E-state index in [4.69, 9.17) is 5.11 Å². The summed E-state index contributed by atoms with van der Waals surface area (Å²) in [6.07, 6.45) is -0.363. The van der Waals surface area contributed by atoms with E-state index in [-0.39, 0.29) is 12.2 Å². The fourth-order valence-corrected chi connectivity index (χ4v) is 1.64. The van der Waals surface area contributed by atoms with Gasteiger partial charge >= 0.3 is 12.1 Å². The standard InChI is InChI=1S/C13H13FN2O6/c1-2-5-22-13(19)15-11(7-12(17)18)9-6-8(16(20)21)3-4-10(9)14/h2-4,6,11H,1,5,7H2,(H,15,19)(H,17,18). The van der Waals surface area contributed by atoms with Crippen LogP contribution in [0.2, 0.25) is 0 Å². The van der Waals surface area contributed by atoms with Crippen molar-refractivity contribution in [2.45, 2.75) is 12.5 Å². The number of alkyl carbamates (subject to hydrolysis) is 1. The van der Waals surface area contributed by atoms with Gasteiger partial charge in [0, 0.05) is 17.7 Å². The topological polar surface area (TPSA) is 119 Å². The highest BCUT2D eigenvalue weighted by molar-refractivity contribution is 5.72. The number of carbonyl (C=O) groups excluding carboxylic acids is 1. The second kappa shape index (κ2) is 7.72. The molecule has 1 amide bonds. The van der Waals surface area contributed by atoms with E-state index in [0.717, 1.165) is 18.2 Å². The number of nitrogens with one attached hydrogen (secondary N) is 1. The van der Waals surface area contributed by atoms with Crippen molar-refractivity contribution in [3.05, 3.63) is 52.3 Å². The molecule has 0 aromatic heterocycles. The van der Waals surface area contributed by atoms with Crippen molar-refractivity contribution < 1.29 is 28.7 Å². The first-order valence-electron chi connectivity index (χ1n) is 6.05. The molecule has 0 aliphatic heterocycles. The van der Waals surface area contributed by atoms with Crippen LogP contribution < -0.4 is 5.32 Å². The maximum atomic E-state index is 13.8. The number of aliphatic carboxylic acids is 1. The molecule has 0 spiro atoms. The Labute approximate surface area is 124 Å². The summed E-state index contributed by atoms with van der Waals surface area (Å²) in [5.74, 6) is -2.19. The number of non-ortho nitro benzene ring substituents is 1. The van der Waals surface area contributed by atoms with Crippen molar-refractivity contribution in [2.75, 3.05) is 6.61 Å². The maximum absolute atomic E-state index is 13.8. The molecule has 8 nitrogen and oxygen atoms in total. The monoisotopic (exact) mass is 312 g/mol. The van der Waals surface area contributed by atoms with E-state index >= 15 is 0 Å². The third kappa shape index (κ3) is 4.85. The Morgan fingerprint density at radius 1 is 1.55 bits per heavy atom. The van der Waals surface area contributed by atoms with Crippen molar-refractivity contribution in [3.8, 4) is 0 Å². The Balaban J connectivity index is 3.07. The lowest BCUT2D eigenvalue weighted by atomic mass is 10.0.